The summed E-state index contributed by atoms with van der Waals surface area (Å²) >= 11 is 0. The van der Waals surface area contributed by atoms with Gasteiger partial charge in [0.1, 0.15) is 0 Å². The summed E-state index contributed by atoms with van der Waals surface area (Å²) in [6, 6.07) is 14.3. The minimum atomic E-state index is -1.38. The van der Waals surface area contributed by atoms with Crippen molar-refractivity contribution in [3.63, 3.8) is 0 Å². The molecule has 24 heavy (non-hydrogen) atoms. The molecule has 0 saturated heterocycles. The Balaban J connectivity index is 2.70. The minimum absolute atomic E-state index is 0.0260. The molecule has 2 aromatic rings. The maximum Gasteiger partial charge on any atom is 0.0880 e. The van der Waals surface area contributed by atoms with Crippen molar-refractivity contribution >= 4 is 18.8 Å². The lowest BCUT2D eigenvalue weighted by Crippen LogP contribution is -2.28. The predicted octanol–water partition coefficient (Wildman–Crippen LogP) is 4.08. The van der Waals surface area contributed by atoms with E-state index in [0.29, 0.717) is 6.54 Å². The first kappa shape index (κ1) is 19.1. The van der Waals surface area contributed by atoms with E-state index in [0.717, 1.165) is 16.2 Å². The Morgan fingerprint density at radius 1 is 0.875 bits per heavy atom. The van der Waals surface area contributed by atoms with Crippen LogP contribution >= 0.6 is 8.15 Å². The summed E-state index contributed by atoms with van der Waals surface area (Å²) in [6.07, 6.45) is 0. The van der Waals surface area contributed by atoms with Crippen LogP contribution in [0.2, 0.25) is 0 Å². The van der Waals surface area contributed by atoms with Crippen LogP contribution in [-0.4, -0.2) is 4.89 Å². The minimum Gasteiger partial charge on any atom is -0.364 e. The third kappa shape index (κ3) is 4.06. The standard InChI is InChI=1S/C21H30NOP/c1-20(2,3)17-13-18(21(4,5)6)19(12-15(17)14-22)24(23)16-10-8-7-9-11-16/h7-13,23H,14,22H2,1-6H3. The molecule has 0 amide bonds. The number of benzene rings is 2. The summed E-state index contributed by atoms with van der Waals surface area (Å²) in [5.41, 5.74) is 9.64. The van der Waals surface area contributed by atoms with Crippen molar-refractivity contribution in [1.82, 2.24) is 0 Å². The topological polar surface area (TPSA) is 46.2 Å². The molecule has 0 aromatic heterocycles. The highest BCUT2D eigenvalue weighted by molar-refractivity contribution is 7.67. The summed E-state index contributed by atoms with van der Waals surface area (Å²) in [5.74, 6) is 0. The van der Waals surface area contributed by atoms with Crippen molar-refractivity contribution in [1.29, 1.82) is 0 Å². The van der Waals surface area contributed by atoms with E-state index in [1.54, 1.807) is 0 Å². The first-order valence-corrected chi connectivity index (χ1v) is 9.77. The Morgan fingerprint density at radius 2 is 1.42 bits per heavy atom. The van der Waals surface area contributed by atoms with Crippen LogP contribution < -0.4 is 16.3 Å². The van der Waals surface area contributed by atoms with Crippen LogP contribution in [0.4, 0.5) is 0 Å². The van der Waals surface area contributed by atoms with Gasteiger partial charge >= 0.3 is 0 Å². The lowest BCUT2D eigenvalue weighted by Gasteiger charge is -2.31. The number of nitrogens with two attached hydrogens (primary N) is 1. The Labute approximate surface area is 147 Å². The molecule has 0 fully saturated rings. The van der Waals surface area contributed by atoms with Gasteiger partial charge in [-0.2, -0.15) is 0 Å². The van der Waals surface area contributed by atoms with E-state index in [1.807, 2.05) is 30.3 Å². The molecule has 0 radical (unpaired) electrons. The molecule has 2 nitrogen and oxygen atoms in total. The maximum atomic E-state index is 11.1. The molecule has 0 saturated carbocycles. The van der Waals surface area contributed by atoms with Crippen LogP contribution in [-0.2, 0) is 17.4 Å². The van der Waals surface area contributed by atoms with E-state index in [4.69, 9.17) is 5.73 Å². The van der Waals surface area contributed by atoms with Crippen LogP contribution in [0.25, 0.3) is 0 Å². The van der Waals surface area contributed by atoms with Gasteiger partial charge in [-0.1, -0.05) is 77.9 Å². The van der Waals surface area contributed by atoms with Crippen LogP contribution in [0.5, 0.6) is 0 Å². The Bertz CT molecular complexity index is 696. The lowest BCUT2D eigenvalue weighted by atomic mass is 9.78. The first-order chi connectivity index (χ1) is 11.1. The molecule has 2 aromatic carbocycles. The largest absolute Gasteiger partial charge is 0.364 e. The highest BCUT2D eigenvalue weighted by Gasteiger charge is 2.28. The Hall–Kier alpha value is -1.21. The zero-order valence-electron chi connectivity index (χ0n) is 15.7. The Kier molecular flexibility index (Phi) is 5.54. The van der Waals surface area contributed by atoms with E-state index in [2.05, 4.69) is 53.7 Å². The van der Waals surface area contributed by atoms with Gasteiger partial charge in [0.05, 0.1) is 8.15 Å². The number of hydrogen-bond donors (Lipinski definition) is 2. The van der Waals surface area contributed by atoms with Gasteiger partial charge in [0.15, 0.2) is 0 Å². The quantitative estimate of drug-likeness (QED) is 0.825. The van der Waals surface area contributed by atoms with E-state index < -0.39 is 8.15 Å². The zero-order valence-corrected chi connectivity index (χ0v) is 16.6. The molecule has 3 heteroatoms. The number of hydrogen-bond acceptors (Lipinski definition) is 2. The third-order valence-corrected chi connectivity index (χ3v) is 5.90. The van der Waals surface area contributed by atoms with E-state index in [1.165, 1.54) is 11.1 Å². The van der Waals surface area contributed by atoms with Crippen LogP contribution in [0.1, 0.15) is 58.2 Å². The van der Waals surface area contributed by atoms with Crippen LogP contribution in [0.15, 0.2) is 42.5 Å². The fraction of sp³-hybridized carbons (Fsp3) is 0.429. The molecule has 0 aliphatic rings. The van der Waals surface area contributed by atoms with Gasteiger partial charge in [0.2, 0.25) is 0 Å². The molecule has 1 atom stereocenters. The predicted molar refractivity (Wildman–Crippen MR) is 107 cm³/mol. The average molecular weight is 343 g/mol. The molecule has 0 bridgehead atoms. The van der Waals surface area contributed by atoms with Crippen molar-refractivity contribution in [2.24, 2.45) is 5.73 Å². The molecule has 130 valence electrons. The molecule has 1 unspecified atom stereocenters. The van der Waals surface area contributed by atoms with Crippen molar-refractivity contribution in [2.75, 3.05) is 0 Å². The van der Waals surface area contributed by atoms with Gasteiger partial charge in [0, 0.05) is 17.2 Å². The van der Waals surface area contributed by atoms with Gasteiger partial charge in [-0.25, -0.2) is 0 Å². The molecule has 0 aliphatic carbocycles. The second-order valence-corrected chi connectivity index (χ2v) is 10.00. The Morgan fingerprint density at radius 3 is 1.88 bits per heavy atom. The van der Waals surface area contributed by atoms with E-state index in [-0.39, 0.29) is 10.8 Å². The molecule has 0 heterocycles. The van der Waals surface area contributed by atoms with E-state index in [9.17, 15) is 4.89 Å². The fourth-order valence-electron chi connectivity index (χ4n) is 2.98. The summed E-state index contributed by atoms with van der Waals surface area (Å²) in [7, 11) is -1.38. The first-order valence-electron chi connectivity index (χ1n) is 8.47. The van der Waals surface area contributed by atoms with Crippen molar-refractivity contribution in [2.45, 2.75) is 58.9 Å². The molecular weight excluding hydrogens is 313 g/mol. The zero-order chi connectivity index (χ0) is 18.1. The van der Waals surface area contributed by atoms with E-state index >= 15 is 0 Å². The molecule has 3 N–H and O–H groups in total. The van der Waals surface area contributed by atoms with Crippen LogP contribution in [0.3, 0.4) is 0 Å². The molecular formula is C21H30NOP. The van der Waals surface area contributed by atoms with Gasteiger partial charge in [-0.3, -0.25) is 0 Å². The average Bonchev–Trinajstić information content (AvgIpc) is 2.52. The lowest BCUT2D eigenvalue weighted by molar-refractivity contribution is 0.564. The van der Waals surface area contributed by atoms with Gasteiger partial charge in [0.25, 0.3) is 0 Å². The van der Waals surface area contributed by atoms with Crippen LogP contribution in [0, 0.1) is 0 Å². The summed E-state index contributed by atoms with van der Waals surface area (Å²) in [6.45, 7) is 13.7. The highest BCUT2D eigenvalue weighted by atomic mass is 31.1. The van der Waals surface area contributed by atoms with Gasteiger partial charge in [-0.05, 0) is 33.6 Å². The molecule has 2 rings (SSSR count). The molecule has 0 aliphatic heterocycles. The SMILES string of the molecule is CC(C)(C)c1cc(C(C)(C)C)c(P(O)c2ccccc2)cc1CN. The highest BCUT2D eigenvalue weighted by Crippen LogP contribution is 2.38. The normalized spacial score (nSPS) is 13.8. The second kappa shape index (κ2) is 6.96. The smallest absolute Gasteiger partial charge is 0.0880 e. The van der Waals surface area contributed by atoms with Crippen molar-refractivity contribution < 1.29 is 4.89 Å². The van der Waals surface area contributed by atoms with Crippen molar-refractivity contribution in [3.8, 4) is 0 Å². The number of rotatable bonds is 3. The third-order valence-electron chi connectivity index (χ3n) is 4.29. The second-order valence-electron chi connectivity index (χ2n) is 8.38. The van der Waals surface area contributed by atoms with Crippen molar-refractivity contribution in [3.05, 3.63) is 59.2 Å². The maximum absolute atomic E-state index is 11.1. The molecule has 0 spiro atoms. The van der Waals surface area contributed by atoms with Gasteiger partial charge in [-0.15, -0.1) is 0 Å². The fourth-order valence-corrected chi connectivity index (χ4v) is 4.62. The monoisotopic (exact) mass is 343 g/mol. The van der Waals surface area contributed by atoms with Gasteiger partial charge < -0.3 is 10.6 Å². The summed E-state index contributed by atoms with van der Waals surface area (Å²) in [5, 5.41) is 2.00. The summed E-state index contributed by atoms with van der Waals surface area (Å²) < 4.78 is 0. The summed E-state index contributed by atoms with van der Waals surface area (Å²) in [4.78, 5) is 11.1.